The molecular weight excluding hydrogens is 266 g/mol. The van der Waals surface area contributed by atoms with Gasteiger partial charge in [0.05, 0.1) is 0 Å². The number of hydrogen-bond acceptors (Lipinski definition) is 5. The summed E-state index contributed by atoms with van der Waals surface area (Å²) >= 11 is 0. The van der Waals surface area contributed by atoms with Crippen LogP contribution < -0.4 is 16.4 Å². The molecule has 0 fully saturated rings. The van der Waals surface area contributed by atoms with Crippen LogP contribution >= 0.6 is 0 Å². The van der Waals surface area contributed by atoms with Gasteiger partial charge in [0.15, 0.2) is 11.5 Å². The number of anilines is 2. The Morgan fingerprint density at radius 1 is 1.24 bits per heavy atom. The highest BCUT2D eigenvalue weighted by Crippen LogP contribution is 2.16. The number of hydrogen-bond donors (Lipinski definition) is 3. The SMILES string of the molecule is CNC(=O)c1ccc(Nc2cccc(CCCN)c2)nn1. The molecule has 0 aliphatic rings. The third kappa shape index (κ3) is 4.25. The van der Waals surface area contributed by atoms with E-state index in [9.17, 15) is 4.79 Å². The van der Waals surface area contributed by atoms with Crippen molar-refractivity contribution in [3.05, 3.63) is 47.7 Å². The second-order valence-electron chi connectivity index (χ2n) is 4.60. The standard InChI is InChI=1S/C15H19N5O/c1-17-15(21)13-7-8-14(20-19-13)18-12-6-2-4-11(10-12)5-3-9-16/h2,4,6-8,10H,3,5,9,16H2,1H3,(H,17,21)(H,18,20). The summed E-state index contributed by atoms with van der Waals surface area (Å²) in [5.74, 6) is 0.344. The smallest absolute Gasteiger partial charge is 0.271 e. The summed E-state index contributed by atoms with van der Waals surface area (Å²) in [6.07, 6.45) is 1.91. The van der Waals surface area contributed by atoms with E-state index >= 15 is 0 Å². The van der Waals surface area contributed by atoms with Crippen LogP contribution in [0.4, 0.5) is 11.5 Å². The van der Waals surface area contributed by atoms with Gasteiger partial charge >= 0.3 is 0 Å². The molecule has 1 amide bonds. The summed E-state index contributed by atoms with van der Waals surface area (Å²) < 4.78 is 0. The van der Waals surface area contributed by atoms with Crippen molar-refractivity contribution in [2.75, 3.05) is 18.9 Å². The minimum absolute atomic E-state index is 0.252. The first-order valence-corrected chi connectivity index (χ1v) is 6.85. The normalized spacial score (nSPS) is 10.2. The Morgan fingerprint density at radius 2 is 2.10 bits per heavy atom. The summed E-state index contributed by atoms with van der Waals surface area (Å²) in [6.45, 7) is 0.685. The number of aromatic nitrogens is 2. The number of carbonyl (C=O) groups is 1. The number of amides is 1. The summed E-state index contributed by atoms with van der Waals surface area (Å²) in [7, 11) is 1.56. The molecule has 0 atom stereocenters. The number of carbonyl (C=O) groups excluding carboxylic acids is 1. The van der Waals surface area contributed by atoms with Gasteiger partial charge in [-0.05, 0) is 49.2 Å². The average molecular weight is 285 g/mol. The molecule has 0 saturated carbocycles. The summed E-state index contributed by atoms with van der Waals surface area (Å²) in [6, 6.07) is 11.4. The number of aryl methyl sites for hydroxylation is 1. The molecular formula is C15H19N5O. The zero-order valence-corrected chi connectivity index (χ0v) is 12.0. The minimum atomic E-state index is -0.252. The third-order valence-corrected chi connectivity index (χ3v) is 2.99. The van der Waals surface area contributed by atoms with Crippen molar-refractivity contribution in [1.29, 1.82) is 0 Å². The molecule has 0 aliphatic heterocycles. The predicted molar refractivity (Wildman–Crippen MR) is 82.5 cm³/mol. The van der Waals surface area contributed by atoms with Crippen LogP contribution in [0.1, 0.15) is 22.5 Å². The Morgan fingerprint density at radius 3 is 2.76 bits per heavy atom. The Hall–Kier alpha value is -2.47. The van der Waals surface area contributed by atoms with Gasteiger partial charge in [-0.3, -0.25) is 4.79 Å². The third-order valence-electron chi connectivity index (χ3n) is 2.99. The number of rotatable bonds is 6. The second kappa shape index (κ2) is 7.35. The fourth-order valence-electron chi connectivity index (χ4n) is 1.91. The van der Waals surface area contributed by atoms with Gasteiger partial charge in [0.2, 0.25) is 0 Å². The van der Waals surface area contributed by atoms with Crippen molar-refractivity contribution < 1.29 is 4.79 Å². The van der Waals surface area contributed by atoms with Crippen molar-refractivity contribution in [2.45, 2.75) is 12.8 Å². The van der Waals surface area contributed by atoms with E-state index in [1.165, 1.54) is 5.56 Å². The molecule has 1 heterocycles. The van der Waals surface area contributed by atoms with Gasteiger partial charge in [-0.1, -0.05) is 12.1 Å². The molecule has 6 nitrogen and oxygen atoms in total. The molecule has 0 saturated heterocycles. The number of nitrogens with zero attached hydrogens (tertiary/aromatic N) is 2. The Balaban J connectivity index is 2.05. The van der Waals surface area contributed by atoms with E-state index in [2.05, 4.69) is 33.0 Å². The lowest BCUT2D eigenvalue weighted by Crippen LogP contribution is -2.19. The predicted octanol–water partition coefficient (Wildman–Crippen LogP) is 1.47. The van der Waals surface area contributed by atoms with Crippen LogP contribution in [0.25, 0.3) is 0 Å². The maximum Gasteiger partial charge on any atom is 0.271 e. The quantitative estimate of drug-likeness (QED) is 0.747. The topological polar surface area (TPSA) is 92.9 Å². The molecule has 0 radical (unpaired) electrons. The van der Waals surface area contributed by atoms with E-state index in [1.807, 2.05) is 12.1 Å². The lowest BCUT2D eigenvalue weighted by molar-refractivity contribution is 0.0957. The van der Waals surface area contributed by atoms with Crippen molar-refractivity contribution >= 4 is 17.4 Å². The van der Waals surface area contributed by atoms with Gasteiger partial charge < -0.3 is 16.4 Å². The van der Waals surface area contributed by atoms with Crippen molar-refractivity contribution in [2.24, 2.45) is 5.73 Å². The maximum absolute atomic E-state index is 11.4. The first-order valence-electron chi connectivity index (χ1n) is 6.85. The largest absolute Gasteiger partial charge is 0.354 e. The van der Waals surface area contributed by atoms with E-state index < -0.39 is 0 Å². The molecule has 0 spiro atoms. The number of benzene rings is 1. The average Bonchev–Trinajstić information content (AvgIpc) is 2.53. The molecule has 0 bridgehead atoms. The Kier molecular flexibility index (Phi) is 5.22. The van der Waals surface area contributed by atoms with Gasteiger partial charge in [0, 0.05) is 12.7 Å². The molecule has 21 heavy (non-hydrogen) atoms. The maximum atomic E-state index is 11.4. The lowest BCUT2D eigenvalue weighted by atomic mass is 10.1. The van der Waals surface area contributed by atoms with Crippen LogP contribution in [-0.4, -0.2) is 29.7 Å². The molecule has 1 aromatic carbocycles. The van der Waals surface area contributed by atoms with E-state index in [4.69, 9.17) is 5.73 Å². The van der Waals surface area contributed by atoms with Crippen molar-refractivity contribution in [3.8, 4) is 0 Å². The van der Waals surface area contributed by atoms with E-state index in [-0.39, 0.29) is 5.91 Å². The van der Waals surface area contributed by atoms with Gasteiger partial charge in [0.1, 0.15) is 0 Å². The van der Waals surface area contributed by atoms with Crippen LogP contribution in [0.3, 0.4) is 0 Å². The first-order chi connectivity index (χ1) is 10.2. The fraction of sp³-hybridized carbons (Fsp3) is 0.267. The zero-order valence-electron chi connectivity index (χ0n) is 12.0. The minimum Gasteiger partial charge on any atom is -0.354 e. The highest BCUT2D eigenvalue weighted by Gasteiger charge is 2.05. The molecule has 2 rings (SSSR count). The van der Waals surface area contributed by atoms with Crippen LogP contribution in [0, 0.1) is 0 Å². The molecule has 2 aromatic rings. The molecule has 6 heteroatoms. The first kappa shape index (κ1) is 14.9. The molecule has 0 aliphatic carbocycles. The Bertz CT molecular complexity index is 597. The summed E-state index contributed by atoms with van der Waals surface area (Å²) in [5.41, 5.74) is 7.97. The highest BCUT2D eigenvalue weighted by atomic mass is 16.1. The second-order valence-corrected chi connectivity index (χ2v) is 4.60. The number of nitrogens with one attached hydrogen (secondary N) is 2. The molecule has 4 N–H and O–H groups in total. The zero-order chi connectivity index (χ0) is 15.1. The van der Waals surface area contributed by atoms with Gasteiger partial charge in [-0.15, -0.1) is 10.2 Å². The van der Waals surface area contributed by atoms with Crippen molar-refractivity contribution in [3.63, 3.8) is 0 Å². The highest BCUT2D eigenvalue weighted by molar-refractivity contribution is 5.91. The Labute approximate surface area is 123 Å². The lowest BCUT2D eigenvalue weighted by Gasteiger charge is -2.07. The van der Waals surface area contributed by atoms with E-state index in [1.54, 1.807) is 19.2 Å². The summed E-state index contributed by atoms with van der Waals surface area (Å²) in [5, 5.41) is 13.5. The van der Waals surface area contributed by atoms with Gasteiger partial charge in [-0.2, -0.15) is 0 Å². The molecule has 110 valence electrons. The van der Waals surface area contributed by atoms with Crippen LogP contribution in [0.2, 0.25) is 0 Å². The number of nitrogens with two attached hydrogens (primary N) is 1. The monoisotopic (exact) mass is 285 g/mol. The molecule has 0 unspecified atom stereocenters. The van der Waals surface area contributed by atoms with Crippen LogP contribution in [-0.2, 0) is 6.42 Å². The van der Waals surface area contributed by atoms with E-state index in [0.717, 1.165) is 18.5 Å². The van der Waals surface area contributed by atoms with Gasteiger partial charge in [-0.25, -0.2) is 0 Å². The van der Waals surface area contributed by atoms with Crippen molar-refractivity contribution in [1.82, 2.24) is 15.5 Å². The fourth-order valence-corrected chi connectivity index (χ4v) is 1.91. The summed E-state index contributed by atoms with van der Waals surface area (Å²) in [4.78, 5) is 11.4. The van der Waals surface area contributed by atoms with Crippen LogP contribution in [0.15, 0.2) is 36.4 Å². The molecule has 1 aromatic heterocycles. The van der Waals surface area contributed by atoms with Gasteiger partial charge in [0.25, 0.3) is 5.91 Å². The van der Waals surface area contributed by atoms with Crippen LogP contribution in [0.5, 0.6) is 0 Å². The van der Waals surface area contributed by atoms with E-state index in [0.29, 0.717) is 18.1 Å².